The van der Waals surface area contributed by atoms with Gasteiger partial charge in [-0.1, -0.05) is 6.92 Å². The van der Waals surface area contributed by atoms with Crippen LogP contribution in [0, 0.1) is 0 Å². The first kappa shape index (κ1) is 17.8. The normalized spacial score (nSPS) is 28.0. The lowest BCUT2D eigenvalue weighted by Gasteiger charge is -2.19. The Bertz CT molecular complexity index is 705. The number of ether oxygens (including phenoxy) is 1. The number of hydrogen-bond acceptors (Lipinski definition) is 9. The standard InChI is InChI=1S/C12H19N3O7S/c1-3-6-4-13-12(18)15-10(6)14-11-8(17)9(7(5-16)21-11)22-23(2,19)20/h4,7-9,11,16-17H,3,5H2,1-2H3,(H2,13,14,15,18)/t7-,8-,9+,11-/m1/s1. The maximum Gasteiger partial charge on any atom is 0.346 e. The number of anilines is 1. The maximum absolute atomic E-state index is 11.3. The molecule has 0 radical (unpaired) electrons. The number of H-pyrrole nitrogens is 1. The molecule has 1 fully saturated rings. The first-order valence-electron chi connectivity index (χ1n) is 6.92. The van der Waals surface area contributed by atoms with E-state index in [2.05, 4.69) is 15.3 Å². The van der Waals surface area contributed by atoms with Crippen molar-refractivity contribution >= 4 is 15.9 Å². The first-order valence-corrected chi connectivity index (χ1v) is 8.74. The third-order valence-electron chi connectivity index (χ3n) is 3.36. The number of rotatable bonds is 6. The lowest BCUT2D eigenvalue weighted by molar-refractivity contribution is -0.00724. The van der Waals surface area contributed by atoms with Gasteiger partial charge in [0, 0.05) is 11.8 Å². The van der Waals surface area contributed by atoms with E-state index in [1.807, 2.05) is 6.92 Å². The second-order valence-electron chi connectivity index (χ2n) is 5.12. The maximum atomic E-state index is 11.3. The molecular weight excluding hydrogens is 330 g/mol. The quantitative estimate of drug-likeness (QED) is 0.435. The lowest BCUT2D eigenvalue weighted by Crippen LogP contribution is -2.40. The molecule has 4 atom stereocenters. The fourth-order valence-corrected chi connectivity index (χ4v) is 2.93. The Morgan fingerprint density at radius 3 is 2.78 bits per heavy atom. The third-order valence-corrected chi connectivity index (χ3v) is 3.93. The van der Waals surface area contributed by atoms with Crippen LogP contribution in [-0.2, 0) is 25.5 Å². The smallest absolute Gasteiger partial charge is 0.346 e. The molecule has 2 heterocycles. The van der Waals surface area contributed by atoms with Gasteiger partial charge in [0.1, 0.15) is 24.1 Å². The largest absolute Gasteiger partial charge is 0.394 e. The van der Waals surface area contributed by atoms with Gasteiger partial charge >= 0.3 is 5.69 Å². The molecule has 130 valence electrons. The Kier molecular flexibility index (Phi) is 5.37. The highest BCUT2D eigenvalue weighted by molar-refractivity contribution is 7.86. The van der Waals surface area contributed by atoms with Crippen LogP contribution < -0.4 is 11.0 Å². The Morgan fingerprint density at radius 1 is 1.52 bits per heavy atom. The first-order chi connectivity index (χ1) is 10.7. The van der Waals surface area contributed by atoms with Crippen LogP contribution in [0.2, 0.25) is 0 Å². The van der Waals surface area contributed by atoms with Crippen LogP contribution in [0.5, 0.6) is 0 Å². The van der Waals surface area contributed by atoms with Crippen molar-refractivity contribution in [3.8, 4) is 0 Å². The topological polar surface area (TPSA) is 151 Å². The minimum atomic E-state index is -3.85. The van der Waals surface area contributed by atoms with E-state index < -0.39 is 47.0 Å². The molecule has 2 rings (SSSR count). The highest BCUT2D eigenvalue weighted by Gasteiger charge is 2.46. The van der Waals surface area contributed by atoms with Crippen molar-refractivity contribution in [3.05, 3.63) is 22.2 Å². The zero-order valence-corrected chi connectivity index (χ0v) is 13.4. The molecule has 0 bridgehead atoms. The number of hydrogen-bond donors (Lipinski definition) is 4. The summed E-state index contributed by atoms with van der Waals surface area (Å²) in [6, 6.07) is 0. The summed E-state index contributed by atoms with van der Waals surface area (Å²) >= 11 is 0. The van der Waals surface area contributed by atoms with Gasteiger partial charge in [-0.25, -0.2) is 9.78 Å². The van der Waals surface area contributed by atoms with Crippen molar-refractivity contribution in [1.29, 1.82) is 0 Å². The van der Waals surface area contributed by atoms with Gasteiger partial charge < -0.3 is 20.3 Å². The second kappa shape index (κ2) is 6.93. The number of aromatic amines is 1. The number of aryl methyl sites for hydroxylation is 1. The van der Waals surface area contributed by atoms with E-state index in [0.29, 0.717) is 17.8 Å². The van der Waals surface area contributed by atoms with E-state index in [9.17, 15) is 23.4 Å². The molecule has 10 nitrogen and oxygen atoms in total. The predicted octanol–water partition coefficient (Wildman–Crippen LogP) is -1.83. The van der Waals surface area contributed by atoms with Crippen molar-refractivity contribution in [2.45, 2.75) is 37.9 Å². The van der Waals surface area contributed by atoms with Crippen molar-refractivity contribution in [2.75, 3.05) is 18.2 Å². The molecule has 0 amide bonds. The molecule has 0 aromatic carbocycles. The molecule has 1 aliphatic rings. The van der Waals surface area contributed by atoms with Gasteiger partial charge in [-0.05, 0) is 6.42 Å². The molecule has 11 heteroatoms. The van der Waals surface area contributed by atoms with Gasteiger partial charge in [-0.2, -0.15) is 8.42 Å². The Balaban J connectivity index is 2.21. The molecule has 0 unspecified atom stereocenters. The summed E-state index contributed by atoms with van der Waals surface area (Å²) < 4.78 is 32.7. The van der Waals surface area contributed by atoms with Crippen LogP contribution in [-0.4, -0.2) is 66.0 Å². The fraction of sp³-hybridized carbons (Fsp3) is 0.667. The van der Waals surface area contributed by atoms with Gasteiger partial charge in [-0.3, -0.25) is 9.17 Å². The van der Waals surface area contributed by atoms with Gasteiger partial charge in [0.05, 0.1) is 12.9 Å². The van der Waals surface area contributed by atoms with Crippen LogP contribution in [0.4, 0.5) is 5.82 Å². The molecule has 1 aromatic rings. The van der Waals surface area contributed by atoms with Crippen LogP contribution in [0.25, 0.3) is 0 Å². The molecule has 1 aliphatic heterocycles. The van der Waals surface area contributed by atoms with Gasteiger partial charge in [-0.15, -0.1) is 0 Å². The van der Waals surface area contributed by atoms with E-state index in [1.165, 1.54) is 6.20 Å². The molecular formula is C12H19N3O7S. The average molecular weight is 349 g/mol. The number of aromatic nitrogens is 2. The second-order valence-corrected chi connectivity index (χ2v) is 6.72. The summed E-state index contributed by atoms with van der Waals surface area (Å²) in [5.74, 6) is 0.299. The van der Waals surface area contributed by atoms with Gasteiger partial charge in [0.25, 0.3) is 10.1 Å². The van der Waals surface area contributed by atoms with Crippen LogP contribution >= 0.6 is 0 Å². The number of aliphatic hydroxyl groups is 2. The van der Waals surface area contributed by atoms with Crippen molar-refractivity contribution < 1.29 is 27.6 Å². The lowest BCUT2D eigenvalue weighted by atomic mass is 10.1. The van der Waals surface area contributed by atoms with E-state index in [4.69, 9.17) is 8.92 Å². The van der Waals surface area contributed by atoms with Gasteiger partial charge in [0.2, 0.25) is 0 Å². The van der Waals surface area contributed by atoms with Crippen LogP contribution in [0.15, 0.2) is 11.0 Å². The van der Waals surface area contributed by atoms with E-state index in [-0.39, 0.29) is 0 Å². The molecule has 1 saturated heterocycles. The third kappa shape index (κ3) is 4.26. The highest BCUT2D eigenvalue weighted by Crippen LogP contribution is 2.26. The summed E-state index contributed by atoms with van der Waals surface area (Å²) in [4.78, 5) is 17.4. The molecule has 4 N–H and O–H groups in total. The molecule has 0 saturated carbocycles. The monoisotopic (exact) mass is 349 g/mol. The summed E-state index contributed by atoms with van der Waals surface area (Å²) in [5.41, 5.74) is 0.0910. The zero-order chi connectivity index (χ0) is 17.2. The number of aliphatic hydroxyl groups excluding tert-OH is 2. The summed E-state index contributed by atoms with van der Waals surface area (Å²) in [7, 11) is -3.85. The minimum absolute atomic E-state index is 0.299. The van der Waals surface area contributed by atoms with Crippen LogP contribution in [0.1, 0.15) is 12.5 Å². The molecule has 0 spiro atoms. The Labute approximate surface area is 132 Å². The minimum Gasteiger partial charge on any atom is -0.394 e. The van der Waals surface area contributed by atoms with E-state index in [0.717, 1.165) is 6.26 Å². The summed E-state index contributed by atoms with van der Waals surface area (Å²) in [6.45, 7) is 1.31. The van der Waals surface area contributed by atoms with Gasteiger partial charge in [0.15, 0.2) is 6.23 Å². The van der Waals surface area contributed by atoms with E-state index >= 15 is 0 Å². The molecule has 0 aliphatic carbocycles. The Morgan fingerprint density at radius 2 is 2.22 bits per heavy atom. The summed E-state index contributed by atoms with van der Waals surface area (Å²) in [6.07, 6.45) is -1.95. The Hall–Kier alpha value is -1.53. The van der Waals surface area contributed by atoms with Crippen molar-refractivity contribution in [3.63, 3.8) is 0 Å². The number of nitrogens with one attached hydrogen (secondary N) is 2. The molecule has 1 aromatic heterocycles. The predicted molar refractivity (Wildman–Crippen MR) is 79.3 cm³/mol. The molecule has 23 heavy (non-hydrogen) atoms. The fourth-order valence-electron chi connectivity index (χ4n) is 2.29. The highest BCUT2D eigenvalue weighted by atomic mass is 32.2. The number of nitrogens with zero attached hydrogens (tertiary/aromatic N) is 1. The van der Waals surface area contributed by atoms with Crippen molar-refractivity contribution in [1.82, 2.24) is 9.97 Å². The summed E-state index contributed by atoms with van der Waals surface area (Å²) in [5, 5.41) is 22.3. The zero-order valence-electron chi connectivity index (χ0n) is 12.6. The average Bonchev–Trinajstić information content (AvgIpc) is 2.74. The SMILES string of the molecule is CCc1cnc(=O)[nH]c1N[C@@H]1O[C@H](CO)[C@H](OS(C)(=O)=O)[C@H]1O. The van der Waals surface area contributed by atoms with E-state index in [1.54, 1.807) is 0 Å². The van der Waals surface area contributed by atoms with Crippen LogP contribution in [0.3, 0.4) is 0 Å². The van der Waals surface area contributed by atoms with Crippen molar-refractivity contribution in [2.24, 2.45) is 0 Å².